The van der Waals surface area contributed by atoms with Crippen molar-refractivity contribution in [2.24, 2.45) is 0 Å². The molecule has 1 aliphatic rings. The summed E-state index contributed by atoms with van der Waals surface area (Å²) in [6.45, 7) is 4.81. The summed E-state index contributed by atoms with van der Waals surface area (Å²) >= 11 is 0. The standard InChI is InChI=1S/C15H24N4O/c1-4-9-19(13-7-8-16-11-13)15(20)12-5-6-14(17-10-12)18(2)3/h5-6,10,13,16H,4,7-9,11H2,1-3H3. The minimum absolute atomic E-state index is 0.0957. The number of rotatable bonds is 5. The molecule has 1 saturated heterocycles. The maximum absolute atomic E-state index is 12.6. The van der Waals surface area contributed by atoms with Crippen LogP contribution in [0.5, 0.6) is 0 Å². The van der Waals surface area contributed by atoms with E-state index in [1.165, 1.54) is 0 Å². The van der Waals surface area contributed by atoms with Crippen LogP contribution in [0.1, 0.15) is 30.1 Å². The van der Waals surface area contributed by atoms with Gasteiger partial charge >= 0.3 is 0 Å². The van der Waals surface area contributed by atoms with E-state index in [1.54, 1.807) is 6.20 Å². The highest BCUT2D eigenvalue weighted by atomic mass is 16.2. The molecular formula is C15H24N4O. The van der Waals surface area contributed by atoms with Crippen molar-refractivity contribution in [2.75, 3.05) is 38.6 Å². The van der Waals surface area contributed by atoms with E-state index in [2.05, 4.69) is 17.2 Å². The normalized spacial score (nSPS) is 18.1. The van der Waals surface area contributed by atoms with E-state index in [-0.39, 0.29) is 5.91 Å². The molecule has 1 atom stereocenters. The van der Waals surface area contributed by atoms with Gasteiger partial charge in [0.2, 0.25) is 0 Å². The lowest BCUT2D eigenvalue weighted by Gasteiger charge is -2.28. The molecule has 1 fully saturated rings. The molecule has 20 heavy (non-hydrogen) atoms. The van der Waals surface area contributed by atoms with Crippen molar-refractivity contribution in [3.8, 4) is 0 Å². The molecule has 2 rings (SSSR count). The number of nitrogens with one attached hydrogen (secondary N) is 1. The first-order chi connectivity index (χ1) is 9.63. The summed E-state index contributed by atoms with van der Waals surface area (Å²) < 4.78 is 0. The van der Waals surface area contributed by atoms with E-state index in [1.807, 2.05) is 36.0 Å². The first kappa shape index (κ1) is 14.8. The van der Waals surface area contributed by atoms with Crippen LogP contribution in [0.2, 0.25) is 0 Å². The van der Waals surface area contributed by atoms with Gasteiger partial charge in [0.25, 0.3) is 5.91 Å². The van der Waals surface area contributed by atoms with Crippen LogP contribution < -0.4 is 10.2 Å². The van der Waals surface area contributed by atoms with Gasteiger partial charge in [-0.05, 0) is 31.5 Å². The monoisotopic (exact) mass is 276 g/mol. The van der Waals surface area contributed by atoms with E-state index in [4.69, 9.17) is 0 Å². The molecule has 1 N–H and O–H groups in total. The Morgan fingerprint density at radius 2 is 2.25 bits per heavy atom. The summed E-state index contributed by atoms with van der Waals surface area (Å²) in [5.41, 5.74) is 0.677. The minimum Gasteiger partial charge on any atom is -0.363 e. The van der Waals surface area contributed by atoms with Crippen molar-refractivity contribution in [3.63, 3.8) is 0 Å². The number of anilines is 1. The van der Waals surface area contributed by atoms with Gasteiger partial charge in [0.1, 0.15) is 5.82 Å². The number of carbonyl (C=O) groups excluding carboxylic acids is 1. The summed E-state index contributed by atoms with van der Waals surface area (Å²) in [5.74, 6) is 0.962. The van der Waals surface area contributed by atoms with Gasteiger partial charge in [0.05, 0.1) is 5.56 Å². The lowest BCUT2D eigenvalue weighted by molar-refractivity contribution is 0.0692. The number of hydrogen-bond donors (Lipinski definition) is 1. The van der Waals surface area contributed by atoms with Gasteiger partial charge in [-0.15, -0.1) is 0 Å². The second-order valence-corrected chi connectivity index (χ2v) is 5.44. The van der Waals surface area contributed by atoms with Crippen LogP contribution in [-0.2, 0) is 0 Å². The number of nitrogens with zero attached hydrogens (tertiary/aromatic N) is 3. The number of amides is 1. The van der Waals surface area contributed by atoms with Crippen LogP contribution in [-0.4, -0.2) is 55.6 Å². The van der Waals surface area contributed by atoms with E-state index < -0.39 is 0 Å². The van der Waals surface area contributed by atoms with Crippen molar-refractivity contribution in [1.82, 2.24) is 15.2 Å². The van der Waals surface area contributed by atoms with Gasteiger partial charge in [-0.2, -0.15) is 0 Å². The summed E-state index contributed by atoms with van der Waals surface area (Å²) in [6, 6.07) is 4.08. The molecule has 1 aliphatic heterocycles. The zero-order valence-corrected chi connectivity index (χ0v) is 12.6. The van der Waals surface area contributed by atoms with Gasteiger partial charge in [-0.25, -0.2) is 4.98 Å². The number of hydrogen-bond acceptors (Lipinski definition) is 4. The summed E-state index contributed by atoms with van der Waals surface area (Å²) in [7, 11) is 3.88. The predicted molar refractivity (Wildman–Crippen MR) is 81.2 cm³/mol. The molecule has 2 heterocycles. The number of carbonyl (C=O) groups is 1. The fraction of sp³-hybridized carbons (Fsp3) is 0.600. The maximum Gasteiger partial charge on any atom is 0.255 e. The van der Waals surface area contributed by atoms with Crippen LogP contribution in [0.3, 0.4) is 0 Å². The van der Waals surface area contributed by atoms with Gasteiger partial charge in [0.15, 0.2) is 0 Å². The molecule has 0 bridgehead atoms. The van der Waals surface area contributed by atoms with Crippen LogP contribution in [0, 0.1) is 0 Å². The topological polar surface area (TPSA) is 48.5 Å². The number of aromatic nitrogens is 1. The molecule has 0 spiro atoms. The van der Waals surface area contributed by atoms with Crippen molar-refractivity contribution < 1.29 is 4.79 Å². The lowest BCUT2D eigenvalue weighted by atomic mass is 10.1. The maximum atomic E-state index is 12.6. The molecule has 5 nitrogen and oxygen atoms in total. The first-order valence-electron chi connectivity index (χ1n) is 7.28. The molecular weight excluding hydrogens is 252 g/mol. The van der Waals surface area contributed by atoms with Crippen molar-refractivity contribution >= 4 is 11.7 Å². The quantitative estimate of drug-likeness (QED) is 0.882. The lowest BCUT2D eigenvalue weighted by Crippen LogP contribution is -2.42. The smallest absolute Gasteiger partial charge is 0.255 e. The second-order valence-electron chi connectivity index (χ2n) is 5.44. The third kappa shape index (κ3) is 3.28. The van der Waals surface area contributed by atoms with Crippen molar-refractivity contribution in [3.05, 3.63) is 23.9 Å². The Balaban J connectivity index is 2.13. The molecule has 110 valence electrons. The molecule has 5 heteroatoms. The molecule has 0 aliphatic carbocycles. The van der Waals surface area contributed by atoms with E-state index in [0.29, 0.717) is 11.6 Å². The molecule has 0 saturated carbocycles. The van der Waals surface area contributed by atoms with E-state index in [0.717, 1.165) is 38.3 Å². The van der Waals surface area contributed by atoms with Gasteiger partial charge in [0, 0.05) is 39.4 Å². The Morgan fingerprint density at radius 1 is 1.45 bits per heavy atom. The fourth-order valence-electron chi connectivity index (χ4n) is 2.54. The third-order valence-electron chi connectivity index (χ3n) is 3.65. The SMILES string of the molecule is CCCN(C(=O)c1ccc(N(C)C)nc1)C1CCNC1. The minimum atomic E-state index is 0.0957. The van der Waals surface area contributed by atoms with Crippen LogP contribution >= 0.6 is 0 Å². The zero-order valence-electron chi connectivity index (χ0n) is 12.6. The van der Waals surface area contributed by atoms with E-state index >= 15 is 0 Å². The van der Waals surface area contributed by atoms with Crippen LogP contribution in [0.25, 0.3) is 0 Å². The fourth-order valence-corrected chi connectivity index (χ4v) is 2.54. The molecule has 1 aromatic rings. The average molecular weight is 276 g/mol. The largest absolute Gasteiger partial charge is 0.363 e. The van der Waals surface area contributed by atoms with Crippen LogP contribution in [0.15, 0.2) is 18.3 Å². The van der Waals surface area contributed by atoms with Gasteiger partial charge < -0.3 is 15.1 Å². The highest BCUT2D eigenvalue weighted by Crippen LogP contribution is 2.15. The third-order valence-corrected chi connectivity index (χ3v) is 3.65. The van der Waals surface area contributed by atoms with Gasteiger partial charge in [-0.3, -0.25) is 4.79 Å². The molecule has 1 amide bonds. The molecule has 0 aromatic carbocycles. The second kappa shape index (κ2) is 6.70. The number of pyridine rings is 1. The van der Waals surface area contributed by atoms with Gasteiger partial charge in [-0.1, -0.05) is 6.92 Å². The highest BCUT2D eigenvalue weighted by molar-refractivity contribution is 5.94. The Kier molecular flexibility index (Phi) is 4.95. The van der Waals surface area contributed by atoms with Crippen molar-refractivity contribution in [1.29, 1.82) is 0 Å². The summed E-state index contributed by atoms with van der Waals surface area (Å²) in [5, 5.41) is 3.33. The molecule has 1 aromatic heterocycles. The zero-order chi connectivity index (χ0) is 14.5. The first-order valence-corrected chi connectivity index (χ1v) is 7.28. The Labute approximate surface area is 121 Å². The summed E-state index contributed by atoms with van der Waals surface area (Å²) in [4.78, 5) is 20.9. The van der Waals surface area contributed by atoms with Crippen LogP contribution in [0.4, 0.5) is 5.82 Å². The Hall–Kier alpha value is -1.62. The average Bonchev–Trinajstić information content (AvgIpc) is 2.98. The Morgan fingerprint density at radius 3 is 2.75 bits per heavy atom. The molecule has 0 radical (unpaired) electrons. The molecule has 1 unspecified atom stereocenters. The highest BCUT2D eigenvalue weighted by Gasteiger charge is 2.26. The predicted octanol–water partition coefficient (Wildman–Crippen LogP) is 1.36. The van der Waals surface area contributed by atoms with E-state index in [9.17, 15) is 4.79 Å². The summed E-state index contributed by atoms with van der Waals surface area (Å²) in [6.07, 6.45) is 3.70. The Bertz CT molecular complexity index is 438. The van der Waals surface area contributed by atoms with Crippen molar-refractivity contribution in [2.45, 2.75) is 25.8 Å².